The van der Waals surface area contributed by atoms with Crippen molar-refractivity contribution in [3.8, 4) is 0 Å². The Bertz CT molecular complexity index is 21.2. The van der Waals surface area contributed by atoms with Crippen LogP contribution in [0, 0.1) is 5.92 Å². The van der Waals surface area contributed by atoms with Crippen LogP contribution >= 0.6 is 0 Å². The maximum absolute atomic E-state index is 2.22. The van der Waals surface area contributed by atoms with Crippen molar-refractivity contribution in [1.29, 1.82) is 0 Å². The van der Waals surface area contributed by atoms with Crippen molar-refractivity contribution in [2.24, 2.45) is 5.92 Å². The third-order valence-electron chi connectivity index (χ3n) is 0.816. The zero-order valence-electron chi connectivity index (χ0n) is 6.99. The summed E-state index contributed by atoms with van der Waals surface area (Å²) < 4.78 is 0. The van der Waals surface area contributed by atoms with Crippen LogP contribution in [0.1, 0.15) is 62.3 Å². The first kappa shape index (κ1) is 22.5. The molecule has 0 saturated heterocycles. The summed E-state index contributed by atoms with van der Waals surface area (Å²) in [7, 11) is 0. The van der Waals surface area contributed by atoms with Gasteiger partial charge in [-0.3, -0.25) is 0 Å². The number of hydrogen-bond donors (Lipinski definition) is 0. The molecule has 0 spiro atoms. The van der Waals surface area contributed by atoms with Crippen molar-refractivity contribution in [3.63, 3.8) is 0 Å². The molecular weight excluding hydrogens is 120 g/mol. The Morgan fingerprint density at radius 3 is 1.00 bits per heavy atom. The summed E-state index contributed by atoms with van der Waals surface area (Å²) >= 11 is 0. The first-order valence-electron chi connectivity index (χ1n) is 3.68. The maximum atomic E-state index is 2.22. The zero-order chi connectivity index (χ0) is 6.99. The molecule has 0 heteroatoms. The highest BCUT2D eigenvalue weighted by Crippen LogP contribution is 1.93. The molecule has 0 N–H and O–H groups in total. The van der Waals surface area contributed by atoms with E-state index in [1.165, 1.54) is 12.8 Å². The molecular formula is C10H28. The smallest absolute Gasteiger partial charge is 0.0474 e. The number of rotatable bonds is 1. The molecule has 0 fully saturated rings. The minimum atomic E-state index is 0. The van der Waals surface area contributed by atoms with Crippen LogP contribution in [0.5, 0.6) is 0 Å². The fourth-order valence-corrected chi connectivity index (χ4v) is 0. The monoisotopic (exact) mass is 148 g/mol. The predicted octanol–water partition coefficient (Wildman–Crippen LogP) is 4.74. The lowest BCUT2D eigenvalue weighted by molar-refractivity contribution is 0.626. The van der Waals surface area contributed by atoms with E-state index in [0.29, 0.717) is 0 Å². The molecule has 0 amide bonds. The van der Waals surface area contributed by atoms with Crippen LogP contribution in [0.15, 0.2) is 0 Å². The molecule has 0 aliphatic carbocycles. The van der Waals surface area contributed by atoms with Crippen LogP contribution in [-0.4, -0.2) is 0 Å². The fraction of sp³-hybridized carbons (Fsp3) is 1.00. The second kappa shape index (κ2) is 23.0. The molecule has 0 aromatic heterocycles. The number of hydrogen-bond acceptors (Lipinski definition) is 0. The summed E-state index contributed by atoms with van der Waals surface area (Å²) in [6.07, 6.45) is 2.56. The summed E-state index contributed by atoms with van der Waals surface area (Å²) in [4.78, 5) is 0. The lowest BCUT2D eigenvalue weighted by Gasteiger charge is -1.90. The van der Waals surface area contributed by atoms with E-state index in [2.05, 4.69) is 34.6 Å². The van der Waals surface area contributed by atoms with E-state index in [0.717, 1.165) is 5.92 Å². The Kier molecular flexibility index (Phi) is 51.8. The minimum Gasteiger partial charge on any atom is -0.0776 e. The van der Waals surface area contributed by atoms with Gasteiger partial charge in [0, 0.05) is 0 Å². The van der Waals surface area contributed by atoms with Crippen LogP contribution in [0.25, 0.3) is 0 Å². The molecule has 0 bridgehead atoms. The molecule has 0 aliphatic rings. The molecule has 10 heavy (non-hydrogen) atoms. The molecule has 0 aromatic carbocycles. The second-order valence-corrected chi connectivity index (χ2v) is 2.51. The summed E-state index contributed by atoms with van der Waals surface area (Å²) in [5.74, 6) is 0.884. The van der Waals surface area contributed by atoms with E-state index in [4.69, 9.17) is 0 Å². The summed E-state index contributed by atoms with van der Waals surface area (Å²) in [6.45, 7) is 10.9. The van der Waals surface area contributed by atoms with Crippen molar-refractivity contribution >= 4 is 0 Å². The first-order chi connectivity index (χ1) is 3.68. The largest absolute Gasteiger partial charge is 0.0776 e. The van der Waals surface area contributed by atoms with Gasteiger partial charge in [0.2, 0.25) is 0 Å². The Morgan fingerprint density at radius 1 is 0.900 bits per heavy atom. The third kappa shape index (κ3) is 98.0. The Hall–Kier alpha value is 0. The van der Waals surface area contributed by atoms with Crippen molar-refractivity contribution in [1.82, 2.24) is 0 Å². The van der Waals surface area contributed by atoms with Gasteiger partial charge in [-0.1, -0.05) is 62.3 Å². The van der Waals surface area contributed by atoms with Gasteiger partial charge < -0.3 is 0 Å². The highest BCUT2D eigenvalue weighted by atomic mass is 13.9. The molecule has 0 nitrogen and oxygen atoms in total. The predicted molar refractivity (Wildman–Crippen MR) is 54.6 cm³/mol. The SMILES string of the molecule is C.C.CCC.CCC(C)C. The average molecular weight is 148 g/mol. The van der Waals surface area contributed by atoms with E-state index in [-0.39, 0.29) is 14.9 Å². The zero-order valence-corrected chi connectivity index (χ0v) is 6.99. The average Bonchev–Trinajstić information content (AvgIpc) is 1.69. The van der Waals surface area contributed by atoms with Crippen LogP contribution in [-0.2, 0) is 0 Å². The molecule has 0 radical (unpaired) electrons. The minimum absolute atomic E-state index is 0. The lowest BCUT2D eigenvalue weighted by atomic mass is 10.2. The Balaban J connectivity index is -0.0000000326. The third-order valence-corrected chi connectivity index (χ3v) is 0.816. The summed E-state index contributed by atoms with van der Waals surface area (Å²) in [5.41, 5.74) is 0. The van der Waals surface area contributed by atoms with Crippen molar-refractivity contribution in [3.05, 3.63) is 0 Å². The van der Waals surface area contributed by atoms with E-state index in [9.17, 15) is 0 Å². The van der Waals surface area contributed by atoms with Crippen LogP contribution in [0.4, 0.5) is 0 Å². The Morgan fingerprint density at radius 2 is 1.00 bits per heavy atom. The first-order valence-corrected chi connectivity index (χ1v) is 3.68. The Labute approximate surface area is 69.0 Å². The molecule has 0 heterocycles. The van der Waals surface area contributed by atoms with Gasteiger partial charge in [-0.15, -0.1) is 0 Å². The molecule has 0 aromatic rings. The summed E-state index contributed by atoms with van der Waals surface area (Å²) in [5, 5.41) is 0. The molecule has 0 unspecified atom stereocenters. The topological polar surface area (TPSA) is 0 Å². The van der Waals surface area contributed by atoms with Gasteiger partial charge in [-0.25, -0.2) is 0 Å². The van der Waals surface area contributed by atoms with E-state index >= 15 is 0 Å². The lowest BCUT2D eigenvalue weighted by Crippen LogP contribution is -1.77. The van der Waals surface area contributed by atoms with Gasteiger partial charge in [0.25, 0.3) is 0 Å². The van der Waals surface area contributed by atoms with Gasteiger partial charge >= 0.3 is 0 Å². The van der Waals surface area contributed by atoms with E-state index in [1.807, 2.05) is 0 Å². The highest BCUT2D eigenvalue weighted by molar-refractivity contribution is 4.32. The van der Waals surface area contributed by atoms with E-state index < -0.39 is 0 Å². The van der Waals surface area contributed by atoms with Gasteiger partial charge in [0.15, 0.2) is 0 Å². The molecule has 0 saturated carbocycles. The van der Waals surface area contributed by atoms with Crippen LogP contribution in [0.2, 0.25) is 0 Å². The van der Waals surface area contributed by atoms with Crippen molar-refractivity contribution in [2.75, 3.05) is 0 Å². The summed E-state index contributed by atoms with van der Waals surface area (Å²) in [6, 6.07) is 0. The van der Waals surface area contributed by atoms with Crippen molar-refractivity contribution < 1.29 is 0 Å². The van der Waals surface area contributed by atoms with Crippen molar-refractivity contribution in [2.45, 2.75) is 62.3 Å². The van der Waals surface area contributed by atoms with E-state index in [1.54, 1.807) is 0 Å². The second-order valence-electron chi connectivity index (χ2n) is 2.51. The fourth-order valence-electron chi connectivity index (χ4n) is 0. The van der Waals surface area contributed by atoms with Gasteiger partial charge in [-0.05, 0) is 5.92 Å². The molecule has 0 aliphatic heterocycles. The van der Waals surface area contributed by atoms with Gasteiger partial charge in [0.1, 0.15) is 0 Å². The van der Waals surface area contributed by atoms with Crippen LogP contribution in [0.3, 0.4) is 0 Å². The maximum Gasteiger partial charge on any atom is -0.0474 e. The quantitative estimate of drug-likeness (QED) is 0.504. The molecule has 0 rings (SSSR count). The molecule has 0 atom stereocenters. The highest BCUT2D eigenvalue weighted by Gasteiger charge is 1.80. The van der Waals surface area contributed by atoms with Crippen LogP contribution < -0.4 is 0 Å². The standard InChI is InChI=1S/C5H12.C3H8.2CH4/c1-4-5(2)3;1-3-2;;/h5H,4H2,1-3H3;3H2,1-2H3;2*1H4. The molecule has 68 valence electrons. The normalized spacial score (nSPS) is 6.60. The van der Waals surface area contributed by atoms with Gasteiger partial charge in [0.05, 0.1) is 0 Å². The van der Waals surface area contributed by atoms with Gasteiger partial charge in [-0.2, -0.15) is 0 Å².